The normalized spacial score (nSPS) is 4.33. The minimum atomic E-state index is -0.245. The van der Waals surface area contributed by atoms with Crippen LogP contribution >= 0.6 is 0 Å². The fourth-order valence-corrected chi connectivity index (χ4v) is 0. The van der Waals surface area contributed by atoms with Gasteiger partial charge in [-0.3, -0.25) is 4.79 Å². The number of hydrogen-bond acceptors (Lipinski definition) is 3. The van der Waals surface area contributed by atoms with Crippen LogP contribution in [0.5, 0.6) is 0 Å². The monoisotopic (exact) mass is 184 g/mol. The lowest BCUT2D eigenvalue weighted by Crippen LogP contribution is -1.88. The summed E-state index contributed by atoms with van der Waals surface area (Å²) in [7, 11) is 4.60. The van der Waals surface area contributed by atoms with Gasteiger partial charge < -0.3 is 9.47 Å². The molecule has 0 spiro atoms. The molecule has 0 atom stereocenters. The zero-order valence-corrected chi connectivity index (χ0v) is 5.72. The largest absolute Gasteiger partial charge is 0.469 e. The van der Waals surface area contributed by atoms with Crippen LogP contribution in [-0.4, -0.2) is 27.3 Å². The quantitative estimate of drug-likeness (QED) is 0.543. The van der Waals surface area contributed by atoms with Crippen molar-refractivity contribution in [1.29, 1.82) is 0 Å². The van der Waals surface area contributed by atoms with E-state index in [0.29, 0.717) is 0 Å². The second-order valence-corrected chi connectivity index (χ2v) is 1.10. The Kier molecular flexibility index (Phi) is 166. The number of carbonyl (C=O) groups excluding carboxylic acids is 1. The van der Waals surface area contributed by atoms with Crippen molar-refractivity contribution in [3.63, 3.8) is 0 Å². The first-order valence-electron chi connectivity index (χ1n) is 2.13. The van der Waals surface area contributed by atoms with E-state index in [2.05, 4.69) is 9.47 Å². The van der Waals surface area contributed by atoms with Crippen molar-refractivity contribution in [1.82, 2.24) is 0 Å². The third-order valence-corrected chi connectivity index (χ3v) is 0.287. The molecule has 0 aromatic carbocycles. The van der Waals surface area contributed by atoms with Crippen LogP contribution in [0.2, 0.25) is 0 Å². The van der Waals surface area contributed by atoms with Crippen LogP contribution in [0.4, 0.5) is 0 Å². The molecule has 0 saturated heterocycles. The molecule has 12 heavy (non-hydrogen) atoms. The Bertz CT molecular complexity index is 53.7. The molecular weight excluding hydrogens is 156 g/mol. The standard InChI is InChI=1S/C3H6O2.C2H6O.4CH4/c1-3(4)5-2;1-3-2;;;;/h1-2H3;1-2H3;4*1H4. The summed E-state index contributed by atoms with van der Waals surface area (Å²) in [6.45, 7) is 1.36. The summed E-state index contributed by atoms with van der Waals surface area (Å²) in [4.78, 5) is 9.59. The van der Waals surface area contributed by atoms with Crippen LogP contribution in [0, 0.1) is 0 Å². The lowest BCUT2D eigenvalue weighted by Gasteiger charge is -1.80. The minimum Gasteiger partial charge on any atom is -0.469 e. The molecule has 82 valence electrons. The van der Waals surface area contributed by atoms with Gasteiger partial charge in [-0.25, -0.2) is 0 Å². The van der Waals surface area contributed by atoms with Gasteiger partial charge >= 0.3 is 5.97 Å². The number of rotatable bonds is 0. The zero-order valence-electron chi connectivity index (χ0n) is 5.72. The van der Waals surface area contributed by atoms with Gasteiger partial charge in [0.1, 0.15) is 0 Å². The Morgan fingerprint density at radius 3 is 1.00 bits per heavy atom. The average Bonchev–Trinajstić information content (AvgIpc) is 1.69. The molecule has 0 aromatic rings. The fourth-order valence-electron chi connectivity index (χ4n) is 0. The molecule has 0 saturated carbocycles. The number of carbonyl (C=O) groups is 1. The number of methoxy groups -OCH3 is 2. The average molecular weight is 184 g/mol. The molecule has 3 nitrogen and oxygen atoms in total. The third kappa shape index (κ3) is 328. The first kappa shape index (κ1) is 42.2. The summed E-state index contributed by atoms with van der Waals surface area (Å²) < 4.78 is 8.36. The molecule has 0 aliphatic heterocycles. The van der Waals surface area contributed by atoms with Gasteiger partial charge in [-0.15, -0.1) is 0 Å². The van der Waals surface area contributed by atoms with E-state index < -0.39 is 0 Å². The lowest BCUT2D eigenvalue weighted by molar-refractivity contribution is -0.137. The van der Waals surface area contributed by atoms with E-state index in [4.69, 9.17) is 0 Å². The second-order valence-electron chi connectivity index (χ2n) is 1.10. The van der Waals surface area contributed by atoms with E-state index in [9.17, 15) is 4.79 Å². The van der Waals surface area contributed by atoms with Crippen LogP contribution < -0.4 is 0 Å². The first-order valence-corrected chi connectivity index (χ1v) is 2.13. The first-order chi connectivity index (χ1) is 3.68. The van der Waals surface area contributed by atoms with Crippen molar-refractivity contribution in [3.8, 4) is 0 Å². The molecule has 0 unspecified atom stereocenters. The molecule has 0 aliphatic rings. The zero-order chi connectivity index (χ0) is 6.99. The van der Waals surface area contributed by atoms with E-state index in [-0.39, 0.29) is 35.7 Å². The molecule has 0 rings (SSSR count). The molecule has 0 aliphatic carbocycles. The molecule has 3 heteroatoms. The highest BCUT2D eigenvalue weighted by Crippen LogP contribution is 1.60. The van der Waals surface area contributed by atoms with E-state index in [1.807, 2.05) is 0 Å². The number of esters is 1. The molecule has 0 N–H and O–H groups in total. The van der Waals surface area contributed by atoms with E-state index in [1.54, 1.807) is 14.2 Å². The van der Waals surface area contributed by atoms with Gasteiger partial charge in [0.25, 0.3) is 0 Å². The molecule has 0 fully saturated rings. The van der Waals surface area contributed by atoms with Crippen molar-refractivity contribution in [2.24, 2.45) is 0 Å². The highest BCUT2D eigenvalue weighted by Gasteiger charge is 1.75. The van der Waals surface area contributed by atoms with Crippen molar-refractivity contribution in [2.75, 3.05) is 21.3 Å². The molecule has 0 aromatic heterocycles. The maximum Gasteiger partial charge on any atom is 0.302 e. The van der Waals surface area contributed by atoms with Gasteiger partial charge in [0, 0.05) is 21.1 Å². The Hall–Kier alpha value is -0.570. The summed E-state index contributed by atoms with van der Waals surface area (Å²) in [6, 6.07) is 0. The third-order valence-electron chi connectivity index (χ3n) is 0.287. The van der Waals surface area contributed by atoms with E-state index in [0.717, 1.165) is 0 Å². The van der Waals surface area contributed by atoms with Crippen molar-refractivity contribution < 1.29 is 14.3 Å². The van der Waals surface area contributed by atoms with Crippen molar-refractivity contribution >= 4 is 5.97 Å². The summed E-state index contributed by atoms with van der Waals surface area (Å²) in [5, 5.41) is 0. The van der Waals surface area contributed by atoms with E-state index in [1.165, 1.54) is 14.0 Å². The number of hydrogen-bond donors (Lipinski definition) is 0. The van der Waals surface area contributed by atoms with Crippen LogP contribution in [0.25, 0.3) is 0 Å². The maximum atomic E-state index is 9.59. The Labute approximate surface area is 79.1 Å². The van der Waals surface area contributed by atoms with Gasteiger partial charge in [-0.2, -0.15) is 0 Å². The maximum absolute atomic E-state index is 9.59. The predicted molar refractivity (Wildman–Crippen MR) is 57.5 cm³/mol. The van der Waals surface area contributed by atoms with Gasteiger partial charge in [-0.1, -0.05) is 29.7 Å². The smallest absolute Gasteiger partial charge is 0.302 e. The highest BCUT2D eigenvalue weighted by atomic mass is 16.5. The topological polar surface area (TPSA) is 35.5 Å². The van der Waals surface area contributed by atoms with Crippen LogP contribution in [0.3, 0.4) is 0 Å². The van der Waals surface area contributed by atoms with Crippen molar-refractivity contribution in [2.45, 2.75) is 36.6 Å². The van der Waals surface area contributed by atoms with Gasteiger partial charge in [0.2, 0.25) is 0 Å². The van der Waals surface area contributed by atoms with Crippen molar-refractivity contribution in [3.05, 3.63) is 0 Å². The predicted octanol–water partition coefficient (Wildman–Crippen LogP) is 2.99. The second kappa shape index (κ2) is 47.3. The lowest BCUT2D eigenvalue weighted by atomic mass is 10.8. The summed E-state index contributed by atoms with van der Waals surface area (Å²) in [6.07, 6.45) is 0. The fraction of sp³-hybridized carbons (Fsp3) is 0.889. The minimum absolute atomic E-state index is 0. The number of ether oxygens (including phenoxy) is 2. The Morgan fingerprint density at radius 1 is 0.917 bits per heavy atom. The molecular formula is C9H28O3. The molecule has 0 radical (unpaired) electrons. The van der Waals surface area contributed by atoms with Gasteiger partial charge in [0.15, 0.2) is 0 Å². The van der Waals surface area contributed by atoms with Crippen LogP contribution in [-0.2, 0) is 14.3 Å². The van der Waals surface area contributed by atoms with Crippen LogP contribution in [0.1, 0.15) is 36.6 Å². The molecule has 0 bridgehead atoms. The van der Waals surface area contributed by atoms with Crippen LogP contribution in [0.15, 0.2) is 0 Å². The summed E-state index contributed by atoms with van der Waals surface area (Å²) in [5.74, 6) is -0.245. The Morgan fingerprint density at radius 2 is 1.00 bits per heavy atom. The highest BCUT2D eigenvalue weighted by molar-refractivity contribution is 5.65. The van der Waals surface area contributed by atoms with Gasteiger partial charge in [0.05, 0.1) is 7.11 Å². The van der Waals surface area contributed by atoms with Gasteiger partial charge in [-0.05, 0) is 0 Å². The Balaban J connectivity index is -0.0000000119. The molecule has 0 amide bonds. The summed E-state index contributed by atoms with van der Waals surface area (Å²) in [5.41, 5.74) is 0. The van der Waals surface area contributed by atoms with E-state index >= 15 is 0 Å². The summed E-state index contributed by atoms with van der Waals surface area (Å²) >= 11 is 0. The molecule has 0 heterocycles. The SMILES string of the molecule is C.C.C.C.COC.COC(C)=O.